The van der Waals surface area contributed by atoms with Crippen LogP contribution < -0.4 is 0 Å². The van der Waals surface area contributed by atoms with Crippen molar-refractivity contribution < 1.29 is 4.42 Å². The highest BCUT2D eigenvalue weighted by molar-refractivity contribution is 5.74. The van der Waals surface area contributed by atoms with Crippen molar-refractivity contribution in [2.24, 2.45) is 7.05 Å². The smallest absolute Gasteiger partial charge is 0.152 e. The Balaban J connectivity index is 2.90. The van der Waals surface area contributed by atoms with Gasteiger partial charge in [-0.3, -0.25) is 0 Å². The molecule has 0 saturated carbocycles. The van der Waals surface area contributed by atoms with Crippen LogP contribution in [0.15, 0.2) is 22.7 Å². The second kappa shape index (κ2) is 1.66. The first-order valence-corrected chi connectivity index (χ1v) is 3.29. The number of hydrogen-bond donors (Lipinski definition) is 0. The summed E-state index contributed by atoms with van der Waals surface area (Å²) < 4.78 is 7.42. The van der Waals surface area contributed by atoms with Gasteiger partial charge in [0.05, 0.1) is 5.52 Å². The first kappa shape index (κ1) is 5.59. The van der Waals surface area contributed by atoms with Crippen LogP contribution >= 0.6 is 0 Å². The lowest BCUT2D eigenvalue weighted by Crippen LogP contribution is -1.79. The van der Waals surface area contributed by atoms with Crippen LogP contribution in [-0.2, 0) is 7.05 Å². The molecule has 2 nitrogen and oxygen atoms in total. The van der Waals surface area contributed by atoms with Crippen molar-refractivity contribution in [1.82, 2.24) is 4.57 Å². The summed E-state index contributed by atoms with van der Waals surface area (Å²) in [5, 5.41) is 0. The molecule has 0 saturated heterocycles. The van der Waals surface area contributed by atoms with Gasteiger partial charge in [0.15, 0.2) is 5.58 Å². The molecule has 0 aliphatic rings. The van der Waals surface area contributed by atoms with Crippen LogP contribution in [0.3, 0.4) is 0 Å². The summed E-state index contributed by atoms with van der Waals surface area (Å²) in [4.78, 5) is 0. The molecule has 0 unspecified atom stereocenters. The summed E-state index contributed by atoms with van der Waals surface area (Å²) in [5.41, 5.74) is 2.14. The van der Waals surface area contributed by atoms with Gasteiger partial charge in [-0.1, -0.05) is 0 Å². The molecular formula is C8H9NO. The zero-order chi connectivity index (χ0) is 7.14. The van der Waals surface area contributed by atoms with E-state index in [0.717, 1.165) is 16.9 Å². The Labute approximate surface area is 59.1 Å². The van der Waals surface area contributed by atoms with Gasteiger partial charge in [-0.25, -0.2) is 0 Å². The van der Waals surface area contributed by atoms with Gasteiger partial charge in [0.1, 0.15) is 5.76 Å². The quantitative estimate of drug-likeness (QED) is 0.540. The Bertz CT molecular complexity index is 356. The Hall–Kier alpha value is -1.18. The molecule has 0 aliphatic carbocycles. The maximum absolute atomic E-state index is 5.37. The van der Waals surface area contributed by atoms with Crippen molar-refractivity contribution in [3.63, 3.8) is 0 Å². The monoisotopic (exact) mass is 135 g/mol. The van der Waals surface area contributed by atoms with Crippen LogP contribution in [0.2, 0.25) is 0 Å². The lowest BCUT2D eigenvalue weighted by molar-refractivity contribution is 0.579. The maximum atomic E-state index is 5.37. The third-order valence-corrected chi connectivity index (χ3v) is 1.69. The minimum Gasteiger partial charge on any atom is -0.460 e. The average Bonchev–Trinajstić information content (AvgIpc) is 2.35. The Kier molecular flexibility index (Phi) is 0.926. The van der Waals surface area contributed by atoms with E-state index in [2.05, 4.69) is 0 Å². The van der Waals surface area contributed by atoms with E-state index in [-0.39, 0.29) is 0 Å². The molecular weight excluding hydrogens is 126 g/mol. The SMILES string of the molecule is Cc1cc2c(ccn2C)o1. The van der Waals surface area contributed by atoms with E-state index in [9.17, 15) is 0 Å². The highest BCUT2D eigenvalue weighted by Crippen LogP contribution is 2.18. The molecule has 0 aromatic carbocycles. The molecule has 0 atom stereocenters. The third kappa shape index (κ3) is 0.588. The third-order valence-electron chi connectivity index (χ3n) is 1.69. The summed E-state index contributed by atoms with van der Waals surface area (Å²) in [7, 11) is 2.01. The molecule has 2 rings (SSSR count). The molecule has 0 spiro atoms. The molecule has 0 bridgehead atoms. The number of nitrogens with zero attached hydrogens (tertiary/aromatic N) is 1. The van der Waals surface area contributed by atoms with Crippen LogP contribution in [-0.4, -0.2) is 4.57 Å². The number of furan rings is 1. The van der Waals surface area contributed by atoms with Gasteiger partial charge in [-0.2, -0.15) is 0 Å². The van der Waals surface area contributed by atoms with Gasteiger partial charge in [0.25, 0.3) is 0 Å². The Morgan fingerprint density at radius 1 is 1.50 bits per heavy atom. The number of rotatable bonds is 0. The standard InChI is InChI=1S/C8H9NO/c1-6-5-7-8(10-6)3-4-9(7)2/h3-5H,1-2H3. The molecule has 10 heavy (non-hydrogen) atoms. The zero-order valence-corrected chi connectivity index (χ0v) is 6.09. The summed E-state index contributed by atoms with van der Waals surface area (Å²) in [6, 6.07) is 4.01. The van der Waals surface area contributed by atoms with Crippen molar-refractivity contribution in [3.8, 4) is 0 Å². The number of aromatic nitrogens is 1. The fraction of sp³-hybridized carbons (Fsp3) is 0.250. The molecule has 2 aromatic rings. The molecule has 2 aromatic heterocycles. The predicted molar refractivity (Wildman–Crippen MR) is 39.9 cm³/mol. The lowest BCUT2D eigenvalue weighted by atomic mass is 10.4. The zero-order valence-electron chi connectivity index (χ0n) is 6.09. The molecule has 52 valence electrons. The van der Waals surface area contributed by atoms with Gasteiger partial charge < -0.3 is 8.98 Å². The molecule has 0 amide bonds. The van der Waals surface area contributed by atoms with Crippen LogP contribution in [0.25, 0.3) is 11.1 Å². The van der Waals surface area contributed by atoms with E-state index >= 15 is 0 Å². The highest BCUT2D eigenvalue weighted by atomic mass is 16.3. The van der Waals surface area contributed by atoms with Crippen molar-refractivity contribution in [3.05, 3.63) is 24.1 Å². The minimum absolute atomic E-state index is 0.972. The van der Waals surface area contributed by atoms with E-state index in [1.165, 1.54) is 0 Å². The topological polar surface area (TPSA) is 18.1 Å². The summed E-state index contributed by atoms with van der Waals surface area (Å²) in [6.45, 7) is 1.96. The lowest BCUT2D eigenvalue weighted by Gasteiger charge is -1.85. The fourth-order valence-electron chi connectivity index (χ4n) is 1.17. The van der Waals surface area contributed by atoms with Gasteiger partial charge in [0, 0.05) is 19.3 Å². The fourth-order valence-corrected chi connectivity index (χ4v) is 1.17. The summed E-state index contributed by atoms with van der Waals surface area (Å²) in [5.74, 6) is 0.973. The first-order valence-electron chi connectivity index (χ1n) is 3.29. The second-order valence-corrected chi connectivity index (χ2v) is 2.53. The van der Waals surface area contributed by atoms with Crippen molar-refractivity contribution in [2.75, 3.05) is 0 Å². The number of aryl methyl sites for hydroxylation is 2. The van der Waals surface area contributed by atoms with Gasteiger partial charge in [-0.05, 0) is 13.0 Å². The minimum atomic E-state index is 0.972. The van der Waals surface area contributed by atoms with E-state index in [1.54, 1.807) is 0 Å². The van der Waals surface area contributed by atoms with Crippen molar-refractivity contribution in [2.45, 2.75) is 6.92 Å². The Morgan fingerprint density at radius 3 is 3.00 bits per heavy atom. The number of fused-ring (bicyclic) bond motifs is 1. The molecule has 0 N–H and O–H groups in total. The molecule has 0 fully saturated rings. The Morgan fingerprint density at radius 2 is 2.30 bits per heavy atom. The predicted octanol–water partition coefficient (Wildman–Crippen LogP) is 2.08. The largest absolute Gasteiger partial charge is 0.460 e. The van der Waals surface area contributed by atoms with E-state index in [4.69, 9.17) is 4.42 Å². The highest BCUT2D eigenvalue weighted by Gasteiger charge is 2.01. The van der Waals surface area contributed by atoms with Gasteiger partial charge >= 0.3 is 0 Å². The van der Waals surface area contributed by atoms with Crippen molar-refractivity contribution >= 4 is 11.1 Å². The second-order valence-electron chi connectivity index (χ2n) is 2.53. The maximum Gasteiger partial charge on any atom is 0.152 e. The first-order chi connectivity index (χ1) is 4.77. The van der Waals surface area contributed by atoms with Crippen LogP contribution in [0.1, 0.15) is 5.76 Å². The van der Waals surface area contributed by atoms with Gasteiger partial charge in [0.2, 0.25) is 0 Å². The average molecular weight is 135 g/mol. The van der Waals surface area contributed by atoms with E-state index in [0.29, 0.717) is 0 Å². The van der Waals surface area contributed by atoms with E-state index in [1.807, 2.05) is 36.9 Å². The normalized spacial score (nSPS) is 11.0. The molecule has 2 heterocycles. The molecule has 0 radical (unpaired) electrons. The van der Waals surface area contributed by atoms with Crippen LogP contribution in [0.4, 0.5) is 0 Å². The van der Waals surface area contributed by atoms with Gasteiger partial charge in [-0.15, -0.1) is 0 Å². The van der Waals surface area contributed by atoms with Crippen molar-refractivity contribution in [1.29, 1.82) is 0 Å². The van der Waals surface area contributed by atoms with E-state index < -0.39 is 0 Å². The molecule has 2 heteroatoms. The van der Waals surface area contributed by atoms with Crippen LogP contribution in [0.5, 0.6) is 0 Å². The molecule has 0 aliphatic heterocycles. The summed E-state index contributed by atoms with van der Waals surface area (Å²) in [6.07, 6.45) is 1.99. The number of hydrogen-bond acceptors (Lipinski definition) is 1. The summed E-state index contributed by atoms with van der Waals surface area (Å²) >= 11 is 0. The van der Waals surface area contributed by atoms with Crippen LogP contribution in [0, 0.1) is 6.92 Å².